The maximum absolute atomic E-state index is 14.3. The summed E-state index contributed by atoms with van der Waals surface area (Å²) in [6.45, 7) is 2.00. The molecule has 0 bridgehead atoms. The summed E-state index contributed by atoms with van der Waals surface area (Å²) in [7, 11) is 3.02. The van der Waals surface area contributed by atoms with Crippen LogP contribution in [0.4, 0.5) is 5.69 Å². The number of benzene rings is 4. The van der Waals surface area contributed by atoms with Crippen LogP contribution in [-0.4, -0.2) is 46.0 Å². The molecule has 1 heterocycles. The highest BCUT2D eigenvalue weighted by atomic mass is 79.9. The van der Waals surface area contributed by atoms with Gasteiger partial charge in [-0.05, 0) is 53.0 Å². The molecule has 0 aliphatic carbocycles. The number of hydrogen-bond donors (Lipinski definition) is 0. The fourth-order valence-electron chi connectivity index (χ4n) is 5.10. The average Bonchev–Trinajstić information content (AvgIpc) is 3.05. The second-order valence-electron chi connectivity index (χ2n) is 10.1. The number of ether oxygens (including phenoxy) is 2. The minimum Gasteiger partial charge on any atom is -0.497 e. The summed E-state index contributed by atoms with van der Waals surface area (Å²) in [5.41, 5.74) is 1.34. The van der Waals surface area contributed by atoms with Crippen LogP contribution in [0.2, 0.25) is 5.02 Å². The first-order valence-corrected chi connectivity index (χ1v) is 15.0. The van der Waals surface area contributed by atoms with Gasteiger partial charge in [0.15, 0.2) is 0 Å². The largest absolute Gasteiger partial charge is 0.497 e. The van der Waals surface area contributed by atoms with Gasteiger partial charge < -0.3 is 14.4 Å². The number of para-hydroxylation sites is 1. The van der Waals surface area contributed by atoms with E-state index in [4.69, 9.17) is 26.1 Å². The van der Waals surface area contributed by atoms with Gasteiger partial charge in [0, 0.05) is 30.8 Å². The van der Waals surface area contributed by atoms with Crippen molar-refractivity contribution in [1.82, 2.24) is 14.5 Å². The molecule has 0 spiro atoms. The smallest absolute Gasteiger partial charge is 0.270 e. The van der Waals surface area contributed by atoms with E-state index in [0.717, 1.165) is 11.6 Å². The highest BCUT2D eigenvalue weighted by molar-refractivity contribution is 9.10. The quantitative estimate of drug-likeness (QED) is 0.113. The summed E-state index contributed by atoms with van der Waals surface area (Å²) in [5.74, 6) is 0.666. The maximum atomic E-state index is 14.3. The van der Waals surface area contributed by atoms with Gasteiger partial charge in [0.05, 0.1) is 56.8 Å². The van der Waals surface area contributed by atoms with Crippen molar-refractivity contribution in [3.05, 3.63) is 132 Å². The number of nitro groups is 1. The number of carbonyl (C=O) groups is 1. The molecule has 0 radical (unpaired) electrons. The average molecular weight is 692 g/mol. The lowest BCUT2D eigenvalue weighted by Crippen LogP contribution is -2.39. The van der Waals surface area contributed by atoms with E-state index < -0.39 is 16.9 Å². The normalized spacial score (nSPS) is 11.7. The molecular formula is C33H28BrClN4O6. The van der Waals surface area contributed by atoms with Gasteiger partial charge in [-0.1, -0.05) is 54.1 Å². The van der Waals surface area contributed by atoms with E-state index in [1.807, 2.05) is 30.3 Å². The SMILES string of the molecule is COc1cc(OC)c(Br)c(-n2c(C(C)N(CCc3ccccc3)C(=O)c3ccc([N+](=O)[O-])cc3Cl)nc3ccccc3c2=O)c1. The van der Waals surface area contributed by atoms with Gasteiger partial charge in [0.2, 0.25) is 0 Å². The monoisotopic (exact) mass is 690 g/mol. The van der Waals surface area contributed by atoms with Crippen molar-refractivity contribution >= 4 is 50.0 Å². The molecule has 0 aliphatic heterocycles. The summed E-state index contributed by atoms with van der Waals surface area (Å²) in [5, 5.41) is 11.7. The van der Waals surface area contributed by atoms with Gasteiger partial charge in [-0.25, -0.2) is 4.98 Å². The molecule has 1 unspecified atom stereocenters. The second-order valence-corrected chi connectivity index (χ2v) is 11.3. The third-order valence-corrected chi connectivity index (χ3v) is 8.58. The van der Waals surface area contributed by atoms with Gasteiger partial charge in [-0.3, -0.25) is 24.3 Å². The predicted octanol–water partition coefficient (Wildman–Crippen LogP) is 7.17. The number of nitrogens with zero attached hydrogens (tertiary/aromatic N) is 4. The van der Waals surface area contributed by atoms with E-state index in [9.17, 15) is 19.7 Å². The molecule has 1 atom stereocenters. The van der Waals surface area contributed by atoms with Crippen molar-refractivity contribution in [1.29, 1.82) is 0 Å². The highest BCUT2D eigenvalue weighted by Crippen LogP contribution is 2.37. The molecule has 0 saturated heterocycles. The van der Waals surface area contributed by atoms with Crippen LogP contribution in [0.15, 0.2) is 94.2 Å². The van der Waals surface area contributed by atoms with Crippen molar-refractivity contribution in [2.24, 2.45) is 0 Å². The summed E-state index contributed by atoms with van der Waals surface area (Å²) in [6, 6.07) is 22.9. The number of aromatic nitrogens is 2. The van der Waals surface area contributed by atoms with Crippen molar-refractivity contribution in [2.75, 3.05) is 20.8 Å². The second kappa shape index (κ2) is 13.5. The fourth-order valence-corrected chi connectivity index (χ4v) is 5.92. The third kappa shape index (κ3) is 6.40. The fraction of sp³-hybridized carbons (Fsp3) is 0.182. The first kappa shape index (κ1) is 31.7. The van der Waals surface area contributed by atoms with Crippen LogP contribution < -0.4 is 15.0 Å². The standard InChI is InChI=1S/C33H28BrClN4O6/c1-20(37(16-15-21-9-5-4-6-10-21)32(40)24-14-13-22(39(42)43)17-26(24)35)31-36-27-12-8-7-11-25(27)33(41)38(31)28-18-23(44-2)19-29(45-3)30(28)34/h4-14,17-20H,15-16H2,1-3H3. The van der Waals surface area contributed by atoms with E-state index in [2.05, 4.69) is 15.9 Å². The summed E-state index contributed by atoms with van der Waals surface area (Å²) in [4.78, 5) is 45.7. The molecule has 4 aromatic carbocycles. The number of rotatable bonds is 10. The minimum atomic E-state index is -0.783. The van der Waals surface area contributed by atoms with Crippen LogP contribution in [0.5, 0.6) is 11.5 Å². The molecule has 0 fully saturated rings. The summed E-state index contributed by atoms with van der Waals surface area (Å²) >= 11 is 10.0. The Morgan fingerprint density at radius 1 is 1.04 bits per heavy atom. The number of nitro benzene ring substituents is 1. The molecule has 12 heteroatoms. The van der Waals surface area contributed by atoms with Crippen molar-refractivity contribution in [3.63, 3.8) is 0 Å². The molecule has 0 N–H and O–H groups in total. The lowest BCUT2D eigenvalue weighted by Gasteiger charge is -2.31. The molecule has 10 nitrogen and oxygen atoms in total. The van der Waals surface area contributed by atoms with Crippen LogP contribution >= 0.6 is 27.5 Å². The van der Waals surface area contributed by atoms with Crippen molar-refractivity contribution in [2.45, 2.75) is 19.4 Å². The molecule has 5 aromatic rings. The number of non-ortho nitro benzene ring substituents is 1. The summed E-state index contributed by atoms with van der Waals surface area (Å²) in [6.07, 6.45) is 0.482. The zero-order chi connectivity index (χ0) is 32.2. The number of methoxy groups -OCH3 is 2. The molecule has 1 aromatic heterocycles. The number of halogens is 2. The van der Waals surface area contributed by atoms with Crippen LogP contribution in [0.3, 0.4) is 0 Å². The molecular weight excluding hydrogens is 664 g/mol. The van der Waals surface area contributed by atoms with Gasteiger partial charge in [0.25, 0.3) is 17.2 Å². The van der Waals surface area contributed by atoms with Crippen LogP contribution in [0, 0.1) is 10.1 Å². The van der Waals surface area contributed by atoms with E-state index in [1.54, 1.807) is 48.2 Å². The van der Waals surface area contributed by atoms with Crippen LogP contribution in [-0.2, 0) is 6.42 Å². The van der Waals surface area contributed by atoms with Gasteiger partial charge >= 0.3 is 0 Å². The Kier molecular flexibility index (Phi) is 9.50. The van der Waals surface area contributed by atoms with Gasteiger partial charge in [-0.15, -0.1) is 0 Å². The van der Waals surface area contributed by atoms with Gasteiger partial charge in [-0.2, -0.15) is 0 Å². The zero-order valence-corrected chi connectivity index (χ0v) is 26.9. The molecule has 230 valence electrons. The molecule has 45 heavy (non-hydrogen) atoms. The number of amides is 1. The van der Waals surface area contributed by atoms with E-state index in [1.165, 1.54) is 30.9 Å². The predicted molar refractivity (Wildman–Crippen MR) is 176 cm³/mol. The Morgan fingerprint density at radius 3 is 2.42 bits per heavy atom. The first-order valence-electron chi connectivity index (χ1n) is 13.9. The van der Waals surface area contributed by atoms with Crippen molar-refractivity contribution in [3.8, 4) is 17.2 Å². The molecule has 0 aliphatic rings. The third-order valence-electron chi connectivity index (χ3n) is 7.47. The first-order chi connectivity index (χ1) is 21.6. The Balaban J connectivity index is 1.72. The lowest BCUT2D eigenvalue weighted by atomic mass is 10.1. The minimum absolute atomic E-state index is 0.0600. The number of fused-ring (bicyclic) bond motifs is 1. The molecule has 5 rings (SSSR count). The van der Waals surface area contributed by atoms with E-state index in [-0.39, 0.29) is 34.2 Å². The molecule has 0 saturated carbocycles. The molecule has 1 amide bonds. The Morgan fingerprint density at radius 2 is 1.76 bits per heavy atom. The van der Waals surface area contributed by atoms with Crippen LogP contribution in [0.1, 0.15) is 34.7 Å². The number of hydrogen-bond acceptors (Lipinski definition) is 7. The van der Waals surface area contributed by atoms with Crippen LogP contribution in [0.25, 0.3) is 16.6 Å². The lowest BCUT2D eigenvalue weighted by molar-refractivity contribution is -0.384. The zero-order valence-electron chi connectivity index (χ0n) is 24.6. The number of carbonyl (C=O) groups excluding carboxylic acids is 1. The Labute approximate surface area is 272 Å². The maximum Gasteiger partial charge on any atom is 0.270 e. The van der Waals surface area contributed by atoms with E-state index in [0.29, 0.717) is 39.0 Å². The summed E-state index contributed by atoms with van der Waals surface area (Å²) < 4.78 is 13.0. The Hall–Kier alpha value is -4.74. The van der Waals surface area contributed by atoms with Crippen molar-refractivity contribution < 1.29 is 19.2 Å². The topological polar surface area (TPSA) is 117 Å². The van der Waals surface area contributed by atoms with E-state index >= 15 is 0 Å². The van der Waals surface area contributed by atoms with Gasteiger partial charge in [0.1, 0.15) is 17.3 Å². The Bertz CT molecular complexity index is 1970. The highest BCUT2D eigenvalue weighted by Gasteiger charge is 2.30.